The Morgan fingerprint density at radius 3 is 2.55 bits per heavy atom. The molecule has 0 unspecified atom stereocenters. The number of nitrogens with zero attached hydrogens (tertiary/aromatic N) is 2. The molecular formula is C20H17F2N3O3S. The molecule has 0 aliphatic carbocycles. The number of hydrogen-bond donors (Lipinski definition) is 1. The molecule has 0 aliphatic rings. The van der Waals surface area contributed by atoms with Crippen LogP contribution in [-0.4, -0.2) is 23.6 Å². The number of thiazole rings is 1. The fourth-order valence-electron chi connectivity index (χ4n) is 2.35. The molecule has 0 atom stereocenters. The van der Waals surface area contributed by atoms with Gasteiger partial charge in [-0.05, 0) is 23.8 Å². The SMILES string of the molecule is C=CCNC(=O)C(C#N)=c1sc(=Cc2ccc(OC(F)F)cc2)c(=O)n1CC=C. The quantitative estimate of drug-likeness (QED) is 0.660. The Morgan fingerprint density at radius 2 is 2.00 bits per heavy atom. The summed E-state index contributed by atoms with van der Waals surface area (Å²) in [6.45, 7) is 4.45. The van der Waals surface area contributed by atoms with Gasteiger partial charge in [-0.1, -0.05) is 24.3 Å². The minimum atomic E-state index is -2.93. The lowest BCUT2D eigenvalue weighted by molar-refractivity contribution is -0.115. The Kier molecular flexibility index (Phi) is 7.62. The molecule has 0 radical (unpaired) electrons. The average Bonchev–Trinajstić information content (AvgIpc) is 2.98. The largest absolute Gasteiger partial charge is 0.435 e. The van der Waals surface area contributed by atoms with Crippen molar-refractivity contribution in [1.82, 2.24) is 9.88 Å². The molecule has 0 spiro atoms. The third kappa shape index (κ3) is 5.49. The fourth-order valence-corrected chi connectivity index (χ4v) is 3.45. The van der Waals surface area contributed by atoms with Gasteiger partial charge in [-0.15, -0.1) is 24.5 Å². The number of carbonyl (C=O) groups is 1. The Hall–Kier alpha value is -3.51. The second kappa shape index (κ2) is 10.1. The predicted molar refractivity (Wildman–Crippen MR) is 107 cm³/mol. The van der Waals surface area contributed by atoms with Crippen molar-refractivity contribution in [2.24, 2.45) is 0 Å². The van der Waals surface area contributed by atoms with E-state index in [1.807, 2.05) is 6.07 Å². The van der Waals surface area contributed by atoms with Crippen LogP contribution in [0.1, 0.15) is 5.56 Å². The molecule has 1 aromatic carbocycles. The normalized spacial score (nSPS) is 12.3. The Bertz CT molecular complexity index is 1130. The van der Waals surface area contributed by atoms with E-state index in [1.54, 1.807) is 6.08 Å². The van der Waals surface area contributed by atoms with E-state index in [0.717, 1.165) is 11.3 Å². The van der Waals surface area contributed by atoms with Crippen LogP contribution in [0, 0.1) is 11.3 Å². The summed E-state index contributed by atoms with van der Waals surface area (Å²) >= 11 is 0.980. The van der Waals surface area contributed by atoms with Crippen LogP contribution in [0.15, 0.2) is 54.4 Å². The van der Waals surface area contributed by atoms with Gasteiger partial charge in [0.1, 0.15) is 16.5 Å². The number of nitriles is 1. The van der Waals surface area contributed by atoms with Crippen LogP contribution in [0.25, 0.3) is 11.6 Å². The number of halogens is 2. The van der Waals surface area contributed by atoms with Crippen LogP contribution in [0.3, 0.4) is 0 Å². The van der Waals surface area contributed by atoms with Gasteiger partial charge < -0.3 is 10.1 Å². The molecule has 9 heteroatoms. The van der Waals surface area contributed by atoms with Crippen molar-refractivity contribution in [3.8, 4) is 11.8 Å². The zero-order valence-electron chi connectivity index (χ0n) is 15.2. The number of aromatic nitrogens is 1. The number of allylic oxidation sites excluding steroid dienone is 1. The summed E-state index contributed by atoms with van der Waals surface area (Å²) in [6, 6.07) is 7.57. The number of nitrogens with one attached hydrogen (secondary N) is 1. The maximum absolute atomic E-state index is 12.8. The second-order valence-electron chi connectivity index (χ2n) is 5.55. The number of benzene rings is 1. The number of rotatable bonds is 8. The van der Waals surface area contributed by atoms with Gasteiger partial charge in [0.15, 0.2) is 5.57 Å². The summed E-state index contributed by atoms with van der Waals surface area (Å²) in [5, 5.41) is 12.0. The molecular weight excluding hydrogens is 400 g/mol. The Morgan fingerprint density at radius 1 is 1.31 bits per heavy atom. The van der Waals surface area contributed by atoms with Gasteiger partial charge in [0.25, 0.3) is 11.5 Å². The van der Waals surface area contributed by atoms with Gasteiger partial charge in [-0.3, -0.25) is 14.2 Å². The van der Waals surface area contributed by atoms with Gasteiger partial charge in [0.2, 0.25) is 0 Å². The molecule has 1 amide bonds. The first-order valence-electron chi connectivity index (χ1n) is 8.32. The van der Waals surface area contributed by atoms with E-state index in [0.29, 0.717) is 5.56 Å². The molecule has 2 rings (SSSR count). The zero-order chi connectivity index (χ0) is 21.4. The molecule has 29 heavy (non-hydrogen) atoms. The number of amides is 1. The lowest BCUT2D eigenvalue weighted by atomic mass is 10.2. The van der Waals surface area contributed by atoms with E-state index in [-0.39, 0.29) is 33.6 Å². The topological polar surface area (TPSA) is 84.1 Å². The van der Waals surface area contributed by atoms with E-state index in [2.05, 4.69) is 23.2 Å². The fraction of sp³-hybridized carbons (Fsp3) is 0.150. The van der Waals surface area contributed by atoms with E-state index in [1.165, 1.54) is 41.0 Å². The molecule has 150 valence electrons. The van der Waals surface area contributed by atoms with Crippen LogP contribution in [0.5, 0.6) is 5.75 Å². The molecule has 0 saturated carbocycles. The van der Waals surface area contributed by atoms with Crippen molar-refractivity contribution in [3.63, 3.8) is 0 Å². The summed E-state index contributed by atoms with van der Waals surface area (Å²) in [5.41, 5.74) is -0.0323. The second-order valence-corrected chi connectivity index (χ2v) is 6.58. The van der Waals surface area contributed by atoms with Crippen LogP contribution in [0.4, 0.5) is 8.78 Å². The highest BCUT2D eigenvalue weighted by atomic mass is 32.1. The van der Waals surface area contributed by atoms with Crippen molar-refractivity contribution in [2.75, 3.05) is 6.54 Å². The van der Waals surface area contributed by atoms with E-state index in [4.69, 9.17) is 0 Å². The molecule has 1 heterocycles. The van der Waals surface area contributed by atoms with Crippen molar-refractivity contribution in [3.05, 3.63) is 74.7 Å². The smallest absolute Gasteiger partial charge is 0.387 e. The monoisotopic (exact) mass is 417 g/mol. The molecule has 6 nitrogen and oxygen atoms in total. The van der Waals surface area contributed by atoms with E-state index < -0.39 is 18.1 Å². The Balaban J connectivity index is 2.60. The summed E-state index contributed by atoms with van der Waals surface area (Å²) in [4.78, 5) is 25.0. The van der Waals surface area contributed by atoms with Crippen molar-refractivity contribution < 1.29 is 18.3 Å². The zero-order valence-corrected chi connectivity index (χ0v) is 16.0. The summed E-state index contributed by atoms with van der Waals surface area (Å²) in [7, 11) is 0. The highest BCUT2D eigenvalue weighted by molar-refractivity contribution is 7.07. The molecule has 0 aliphatic heterocycles. The van der Waals surface area contributed by atoms with Crippen molar-refractivity contribution in [1.29, 1.82) is 5.26 Å². The maximum atomic E-state index is 12.8. The van der Waals surface area contributed by atoms with Crippen molar-refractivity contribution >= 4 is 28.9 Å². The number of ether oxygens (including phenoxy) is 1. The highest BCUT2D eigenvalue weighted by Gasteiger charge is 2.14. The van der Waals surface area contributed by atoms with Gasteiger partial charge in [-0.25, -0.2) is 0 Å². The van der Waals surface area contributed by atoms with E-state index >= 15 is 0 Å². The van der Waals surface area contributed by atoms with Gasteiger partial charge in [-0.2, -0.15) is 14.0 Å². The number of alkyl halides is 2. The molecule has 1 aromatic heterocycles. The summed E-state index contributed by atoms with van der Waals surface area (Å²) in [6.07, 6.45) is 4.49. The molecule has 1 N–H and O–H groups in total. The lowest BCUT2D eigenvalue weighted by Crippen LogP contribution is -2.34. The van der Waals surface area contributed by atoms with Crippen LogP contribution in [0.2, 0.25) is 0 Å². The summed E-state index contributed by atoms with van der Waals surface area (Å²) < 4.78 is 30.5. The van der Waals surface area contributed by atoms with Gasteiger partial charge in [0.05, 0.1) is 4.53 Å². The van der Waals surface area contributed by atoms with E-state index in [9.17, 15) is 23.6 Å². The standard InChI is InChI=1S/C20H17F2N3O3S/c1-3-9-24-17(26)15(12-23)19-25(10-4-2)18(27)16(29-19)11-13-5-7-14(8-6-13)28-20(21)22/h3-8,11,20H,1-2,9-10H2,(H,24,26). The minimum absolute atomic E-state index is 0.00734. The maximum Gasteiger partial charge on any atom is 0.387 e. The predicted octanol–water partition coefficient (Wildman–Crippen LogP) is 1.50. The Labute approximate surface area is 169 Å². The van der Waals surface area contributed by atoms with Crippen LogP contribution < -0.4 is 24.8 Å². The summed E-state index contributed by atoms with van der Waals surface area (Å²) in [5.74, 6) is -0.626. The third-order valence-electron chi connectivity index (χ3n) is 3.58. The first-order valence-corrected chi connectivity index (χ1v) is 9.13. The minimum Gasteiger partial charge on any atom is -0.435 e. The average molecular weight is 417 g/mol. The van der Waals surface area contributed by atoms with Gasteiger partial charge in [0, 0.05) is 13.1 Å². The first-order chi connectivity index (χ1) is 13.9. The van der Waals surface area contributed by atoms with Crippen LogP contribution in [-0.2, 0) is 11.3 Å². The number of hydrogen-bond acceptors (Lipinski definition) is 5. The third-order valence-corrected chi connectivity index (χ3v) is 4.71. The highest BCUT2D eigenvalue weighted by Crippen LogP contribution is 2.15. The lowest BCUT2D eigenvalue weighted by Gasteiger charge is -2.03. The molecule has 0 bridgehead atoms. The van der Waals surface area contributed by atoms with Crippen LogP contribution >= 0.6 is 11.3 Å². The molecule has 2 aromatic rings. The van der Waals surface area contributed by atoms with Gasteiger partial charge >= 0.3 is 6.61 Å². The van der Waals surface area contributed by atoms with Crippen molar-refractivity contribution in [2.45, 2.75) is 13.2 Å². The first kappa shape index (κ1) is 21.8. The molecule has 0 saturated heterocycles. The number of carbonyl (C=O) groups excluding carboxylic acids is 1. The molecule has 0 fully saturated rings.